The van der Waals surface area contributed by atoms with Gasteiger partial charge in [0.15, 0.2) is 22.0 Å². The van der Waals surface area contributed by atoms with Crippen molar-refractivity contribution in [3.63, 3.8) is 0 Å². The first-order chi connectivity index (χ1) is 14.5. The van der Waals surface area contributed by atoms with E-state index in [0.29, 0.717) is 28.8 Å². The molecule has 0 aliphatic heterocycles. The summed E-state index contributed by atoms with van der Waals surface area (Å²) in [5.74, 6) is 1.98. The lowest BCUT2D eigenvalue weighted by Gasteiger charge is -2.15. The summed E-state index contributed by atoms with van der Waals surface area (Å²) in [6.45, 7) is 6.33. The van der Waals surface area contributed by atoms with E-state index in [2.05, 4.69) is 37.7 Å². The van der Waals surface area contributed by atoms with E-state index in [1.165, 1.54) is 27.5 Å². The van der Waals surface area contributed by atoms with Gasteiger partial charge in [0.05, 0.1) is 5.69 Å². The van der Waals surface area contributed by atoms with Gasteiger partial charge >= 0.3 is 0 Å². The molecule has 0 amide bonds. The molecular weight excluding hydrogens is 486 g/mol. The fourth-order valence-corrected chi connectivity index (χ4v) is 4.73. The summed E-state index contributed by atoms with van der Waals surface area (Å²) in [4.78, 5) is 17.4. The predicted octanol–water partition coefficient (Wildman–Crippen LogP) is 4.73. The molecule has 0 aliphatic carbocycles. The van der Waals surface area contributed by atoms with Crippen LogP contribution < -0.4 is 10.3 Å². The Bertz CT molecular complexity index is 1230. The van der Waals surface area contributed by atoms with Crippen molar-refractivity contribution >= 4 is 44.0 Å². The van der Waals surface area contributed by atoms with Crippen molar-refractivity contribution in [2.75, 3.05) is 0 Å². The fraction of sp³-hybridized carbons (Fsp3) is 0.200. The Hall–Kier alpha value is -2.43. The van der Waals surface area contributed by atoms with Crippen molar-refractivity contribution in [2.45, 2.75) is 30.5 Å². The van der Waals surface area contributed by atoms with Crippen molar-refractivity contribution in [3.8, 4) is 5.75 Å². The Balaban J connectivity index is 1.53. The Morgan fingerprint density at radius 3 is 2.90 bits per heavy atom. The number of thioether (sulfide) groups is 1. The first-order valence-corrected chi connectivity index (χ1v) is 11.8. The molecule has 3 heterocycles. The van der Waals surface area contributed by atoms with Gasteiger partial charge in [0.2, 0.25) is 0 Å². The van der Waals surface area contributed by atoms with Crippen molar-refractivity contribution in [3.05, 3.63) is 80.9 Å². The zero-order chi connectivity index (χ0) is 21.1. The fourth-order valence-electron chi connectivity index (χ4n) is 2.88. The van der Waals surface area contributed by atoms with Crippen LogP contribution in [0.25, 0.3) is 4.96 Å². The number of allylic oxidation sites excluding steroid dienone is 1. The molecule has 4 aromatic rings. The lowest BCUT2D eigenvalue weighted by atomic mass is 10.3. The highest BCUT2D eigenvalue weighted by Crippen LogP contribution is 2.27. The number of benzene rings is 1. The number of rotatable bonds is 8. The van der Waals surface area contributed by atoms with Crippen LogP contribution in [-0.2, 0) is 12.3 Å². The number of ether oxygens (including phenoxy) is 1. The standard InChI is InChI=1S/C20H18BrN5O2S2/c1-3-8-26-18(13(2)28-16-6-4-14(21)5-7-16)23-24-20(26)30-12-15-11-17(27)25-9-10-29-19(25)22-15/h3-7,9-11,13H,1,8,12H2,2H3. The van der Waals surface area contributed by atoms with E-state index in [1.54, 1.807) is 18.3 Å². The Labute approximate surface area is 189 Å². The summed E-state index contributed by atoms with van der Waals surface area (Å²) in [6, 6.07) is 9.21. The number of thiazole rings is 1. The molecule has 0 aliphatic rings. The average Bonchev–Trinajstić information content (AvgIpc) is 3.36. The van der Waals surface area contributed by atoms with Crippen LogP contribution in [0.5, 0.6) is 5.75 Å². The van der Waals surface area contributed by atoms with Gasteiger partial charge in [-0.1, -0.05) is 33.8 Å². The van der Waals surface area contributed by atoms with E-state index in [4.69, 9.17) is 4.74 Å². The van der Waals surface area contributed by atoms with Gasteiger partial charge in [-0.2, -0.15) is 0 Å². The van der Waals surface area contributed by atoms with E-state index in [0.717, 1.165) is 15.4 Å². The molecule has 0 radical (unpaired) electrons. The van der Waals surface area contributed by atoms with E-state index in [1.807, 2.05) is 41.1 Å². The largest absolute Gasteiger partial charge is 0.483 e. The van der Waals surface area contributed by atoms with Gasteiger partial charge in [-0.3, -0.25) is 13.8 Å². The Kier molecular flexibility index (Phi) is 6.35. The number of fused-ring (bicyclic) bond motifs is 1. The lowest BCUT2D eigenvalue weighted by Crippen LogP contribution is -2.13. The average molecular weight is 504 g/mol. The molecule has 0 saturated heterocycles. The molecule has 4 rings (SSSR count). The second-order valence-corrected chi connectivity index (χ2v) is 9.12. The minimum atomic E-state index is -0.293. The number of aromatic nitrogens is 5. The van der Waals surface area contributed by atoms with Gasteiger partial charge < -0.3 is 4.74 Å². The maximum Gasteiger partial charge on any atom is 0.258 e. The summed E-state index contributed by atoms with van der Waals surface area (Å²) < 4.78 is 10.5. The second-order valence-electron chi connectivity index (χ2n) is 6.38. The third kappa shape index (κ3) is 4.50. The van der Waals surface area contributed by atoms with E-state index >= 15 is 0 Å². The highest BCUT2D eigenvalue weighted by molar-refractivity contribution is 9.10. The summed E-state index contributed by atoms with van der Waals surface area (Å²) >= 11 is 6.34. The molecule has 7 nitrogen and oxygen atoms in total. The number of nitrogens with zero attached hydrogens (tertiary/aromatic N) is 5. The van der Waals surface area contributed by atoms with Crippen molar-refractivity contribution in [2.24, 2.45) is 0 Å². The third-order valence-corrected chi connectivity index (χ3v) is 6.54. The van der Waals surface area contributed by atoms with Crippen LogP contribution in [0.4, 0.5) is 0 Å². The molecule has 154 valence electrons. The summed E-state index contributed by atoms with van der Waals surface area (Å²) in [5.41, 5.74) is 0.628. The van der Waals surface area contributed by atoms with Gasteiger partial charge in [0.25, 0.3) is 5.56 Å². The monoisotopic (exact) mass is 503 g/mol. The van der Waals surface area contributed by atoms with E-state index in [-0.39, 0.29) is 11.7 Å². The van der Waals surface area contributed by atoms with Gasteiger partial charge in [-0.15, -0.1) is 28.1 Å². The van der Waals surface area contributed by atoms with Crippen LogP contribution in [0.3, 0.4) is 0 Å². The normalized spacial score (nSPS) is 12.2. The molecule has 1 atom stereocenters. The van der Waals surface area contributed by atoms with Crippen LogP contribution in [0, 0.1) is 0 Å². The van der Waals surface area contributed by atoms with Crippen LogP contribution in [-0.4, -0.2) is 24.1 Å². The van der Waals surface area contributed by atoms with Crippen LogP contribution in [0.2, 0.25) is 0 Å². The molecule has 0 spiro atoms. The van der Waals surface area contributed by atoms with Crippen molar-refractivity contribution in [1.29, 1.82) is 0 Å². The van der Waals surface area contributed by atoms with Gasteiger partial charge in [-0.25, -0.2) is 4.98 Å². The molecule has 10 heteroatoms. The van der Waals surface area contributed by atoms with Crippen LogP contribution >= 0.6 is 39.0 Å². The van der Waals surface area contributed by atoms with Crippen molar-refractivity contribution in [1.82, 2.24) is 24.1 Å². The number of hydrogen-bond donors (Lipinski definition) is 0. The summed E-state index contributed by atoms with van der Waals surface area (Å²) in [6.07, 6.45) is 3.23. The third-order valence-electron chi connectivity index (χ3n) is 4.25. The zero-order valence-corrected chi connectivity index (χ0v) is 19.3. The molecular formula is C20H18BrN5O2S2. The number of hydrogen-bond acceptors (Lipinski definition) is 7. The SMILES string of the molecule is C=CCn1c(SCc2cc(=O)n3ccsc3n2)nnc1C(C)Oc1ccc(Br)cc1. The molecule has 1 unspecified atom stereocenters. The minimum Gasteiger partial charge on any atom is -0.483 e. The van der Waals surface area contributed by atoms with Gasteiger partial charge in [0, 0.05) is 34.4 Å². The minimum absolute atomic E-state index is 0.0818. The maximum absolute atomic E-state index is 12.2. The molecule has 1 aromatic carbocycles. The zero-order valence-electron chi connectivity index (χ0n) is 16.1. The molecule has 0 fully saturated rings. The van der Waals surface area contributed by atoms with Crippen LogP contribution in [0.15, 0.2) is 69.0 Å². The lowest BCUT2D eigenvalue weighted by molar-refractivity contribution is 0.210. The molecule has 30 heavy (non-hydrogen) atoms. The topological polar surface area (TPSA) is 74.3 Å². The van der Waals surface area contributed by atoms with Gasteiger partial charge in [-0.05, 0) is 31.2 Å². The highest BCUT2D eigenvalue weighted by Gasteiger charge is 2.19. The Morgan fingerprint density at radius 1 is 1.33 bits per heavy atom. The van der Waals surface area contributed by atoms with Crippen LogP contribution in [0.1, 0.15) is 24.5 Å². The quantitative estimate of drug-likeness (QED) is 0.255. The van der Waals surface area contributed by atoms with E-state index in [9.17, 15) is 4.79 Å². The first kappa shape index (κ1) is 20.8. The molecule has 0 saturated carbocycles. The summed E-state index contributed by atoms with van der Waals surface area (Å²) in [7, 11) is 0. The summed E-state index contributed by atoms with van der Waals surface area (Å²) in [5, 5.41) is 11.3. The second kappa shape index (κ2) is 9.15. The maximum atomic E-state index is 12.2. The molecule has 0 N–H and O–H groups in total. The predicted molar refractivity (Wildman–Crippen MR) is 122 cm³/mol. The van der Waals surface area contributed by atoms with Gasteiger partial charge in [0.1, 0.15) is 5.75 Å². The van der Waals surface area contributed by atoms with Crippen molar-refractivity contribution < 1.29 is 4.74 Å². The highest BCUT2D eigenvalue weighted by atomic mass is 79.9. The Morgan fingerprint density at radius 2 is 2.13 bits per heavy atom. The molecule has 0 bridgehead atoms. The number of halogens is 1. The smallest absolute Gasteiger partial charge is 0.258 e. The first-order valence-electron chi connectivity index (χ1n) is 9.10. The molecule has 3 aromatic heterocycles. The van der Waals surface area contributed by atoms with E-state index < -0.39 is 0 Å².